The third-order valence-corrected chi connectivity index (χ3v) is 7.03. The van der Waals surface area contributed by atoms with Crippen LogP contribution in [-0.2, 0) is 14.8 Å². The van der Waals surface area contributed by atoms with Gasteiger partial charge in [-0.15, -0.1) is 0 Å². The van der Waals surface area contributed by atoms with Crippen LogP contribution in [0.15, 0.2) is 65.6 Å². The van der Waals surface area contributed by atoms with E-state index in [2.05, 4.69) is 0 Å². The molecule has 1 saturated heterocycles. The molecule has 3 rings (SSSR count). The first-order valence-corrected chi connectivity index (χ1v) is 11.0. The molecular weight excluding hydrogens is 390 g/mol. The molecule has 1 fully saturated rings. The van der Waals surface area contributed by atoms with Crippen molar-refractivity contribution in [3.05, 3.63) is 66.2 Å². The first-order chi connectivity index (χ1) is 13.9. The SMILES string of the molecule is COc1ccc(S(=O)(=O)N2CCCCC(C=Cc3ccccc3)C2C(=O)O)cc1. The Hall–Kier alpha value is -2.64. The Morgan fingerprint density at radius 2 is 1.79 bits per heavy atom. The average molecular weight is 416 g/mol. The molecule has 1 heterocycles. The normalized spacial score (nSPS) is 21.0. The molecule has 0 amide bonds. The minimum atomic E-state index is -3.96. The van der Waals surface area contributed by atoms with E-state index < -0.39 is 28.0 Å². The minimum absolute atomic E-state index is 0.0669. The number of hydrogen-bond acceptors (Lipinski definition) is 4. The molecule has 0 saturated carbocycles. The number of methoxy groups -OCH3 is 1. The van der Waals surface area contributed by atoms with Crippen molar-refractivity contribution in [3.8, 4) is 5.75 Å². The van der Waals surface area contributed by atoms with Crippen molar-refractivity contribution in [1.82, 2.24) is 4.31 Å². The van der Waals surface area contributed by atoms with E-state index in [1.807, 2.05) is 42.5 Å². The first kappa shape index (κ1) is 21.1. The molecule has 0 aliphatic carbocycles. The number of sulfonamides is 1. The summed E-state index contributed by atoms with van der Waals surface area (Å²) in [5.41, 5.74) is 0.949. The molecule has 2 aromatic carbocycles. The number of rotatable bonds is 6. The molecule has 0 aromatic heterocycles. The highest BCUT2D eigenvalue weighted by Crippen LogP contribution is 2.31. The highest BCUT2D eigenvalue weighted by atomic mass is 32.2. The van der Waals surface area contributed by atoms with Crippen LogP contribution >= 0.6 is 0 Å². The molecule has 1 N–H and O–H groups in total. The standard InChI is InChI=1S/C22H25NO5S/c1-28-19-12-14-20(15-13-19)29(26,27)23-16-6-5-9-18(21(23)22(24)25)11-10-17-7-3-2-4-8-17/h2-4,7-8,10-15,18,21H,5-6,9,16H2,1H3,(H,24,25). The third-order valence-electron chi connectivity index (χ3n) is 5.14. The van der Waals surface area contributed by atoms with Crippen LogP contribution in [0.5, 0.6) is 5.75 Å². The van der Waals surface area contributed by atoms with Gasteiger partial charge in [0.05, 0.1) is 12.0 Å². The van der Waals surface area contributed by atoms with Gasteiger partial charge in [0.25, 0.3) is 0 Å². The number of aliphatic carboxylic acids is 1. The van der Waals surface area contributed by atoms with Crippen molar-refractivity contribution in [2.45, 2.75) is 30.2 Å². The van der Waals surface area contributed by atoms with Crippen LogP contribution < -0.4 is 4.74 Å². The predicted molar refractivity (Wildman–Crippen MR) is 111 cm³/mol. The molecule has 2 unspecified atom stereocenters. The molecule has 29 heavy (non-hydrogen) atoms. The number of hydrogen-bond donors (Lipinski definition) is 1. The topological polar surface area (TPSA) is 83.9 Å². The van der Waals surface area contributed by atoms with E-state index in [1.54, 1.807) is 12.1 Å². The van der Waals surface area contributed by atoms with Crippen molar-refractivity contribution in [1.29, 1.82) is 0 Å². The predicted octanol–water partition coefficient (Wildman–Crippen LogP) is 3.65. The van der Waals surface area contributed by atoms with Crippen molar-refractivity contribution in [2.75, 3.05) is 13.7 Å². The summed E-state index contributed by atoms with van der Waals surface area (Å²) in [6, 6.07) is 14.4. The van der Waals surface area contributed by atoms with Gasteiger partial charge in [-0.2, -0.15) is 4.31 Å². The molecule has 0 spiro atoms. The van der Waals surface area contributed by atoms with Crippen LogP contribution in [0.4, 0.5) is 0 Å². The van der Waals surface area contributed by atoms with Crippen molar-refractivity contribution >= 4 is 22.1 Å². The van der Waals surface area contributed by atoms with Gasteiger partial charge in [-0.3, -0.25) is 4.79 Å². The van der Waals surface area contributed by atoms with Crippen LogP contribution in [0.2, 0.25) is 0 Å². The fraction of sp³-hybridized carbons (Fsp3) is 0.318. The summed E-state index contributed by atoms with van der Waals surface area (Å²) in [6.45, 7) is 0.182. The molecular formula is C22H25NO5S. The van der Waals surface area contributed by atoms with Gasteiger partial charge in [0, 0.05) is 12.5 Å². The summed E-state index contributed by atoms with van der Waals surface area (Å²) < 4.78 is 32.8. The van der Waals surface area contributed by atoms with E-state index in [9.17, 15) is 18.3 Å². The summed E-state index contributed by atoms with van der Waals surface area (Å²) in [5.74, 6) is -1.01. The van der Waals surface area contributed by atoms with Crippen LogP contribution in [0, 0.1) is 5.92 Å². The molecule has 6 nitrogen and oxygen atoms in total. The molecule has 2 aromatic rings. The summed E-state index contributed by atoms with van der Waals surface area (Å²) in [4.78, 5) is 12.2. The Kier molecular flexibility index (Phi) is 6.71. The summed E-state index contributed by atoms with van der Waals surface area (Å²) >= 11 is 0. The maximum atomic E-state index is 13.3. The third kappa shape index (κ3) is 4.86. The average Bonchev–Trinajstić information content (AvgIpc) is 2.96. The van der Waals surface area contributed by atoms with Gasteiger partial charge in [-0.05, 0) is 42.7 Å². The second-order valence-corrected chi connectivity index (χ2v) is 8.89. The monoisotopic (exact) mass is 415 g/mol. The summed E-state index contributed by atoms with van der Waals surface area (Å²) in [6.07, 6.45) is 5.70. The number of carbonyl (C=O) groups is 1. The van der Waals surface area contributed by atoms with Gasteiger partial charge in [0.15, 0.2) is 0 Å². The largest absolute Gasteiger partial charge is 0.497 e. The fourth-order valence-electron chi connectivity index (χ4n) is 3.62. The number of carboxylic acid groups (broad SMARTS) is 1. The van der Waals surface area contributed by atoms with E-state index in [0.717, 1.165) is 16.3 Å². The molecule has 0 bridgehead atoms. The zero-order valence-corrected chi connectivity index (χ0v) is 17.1. The smallest absolute Gasteiger partial charge is 0.322 e. The molecule has 7 heteroatoms. The Bertz CT molecular complexity index is 954. The second kappa shape index (κ2) is 9.24. The van der Waals surface area contributed by atoms with Gasteiger partial charge in [0.2, 0.25) is 10.0 Å². The van der Waals surface area contributed by atoms with Crippen molar-refractivity contribution < 1.29 is 23.1 Å². The fourth-order valence-corrected chi connectivity index (χ4v) is 5.28. The molecule has 154 valence electrons. The van der Waals surface area contributed by atoms with Crippen LogP contribution in [0.3, 0.4) is 0 Å². The quantitative estimate of drug-likeness (QED) is 0.779. The second-order valence-electron chi connectivity index (χ2n) is 7.00. The highest BCUT2D eigenvalue weighted by Gasteiger charge is 2.41. The highest BCUT2D eigenvalue weighted by molar-refractivity contribution is 7.89. The van der Waals surface area contributed by atoms with E-state index >= 15 is 0 Å². The van der Waals surface area contributed by atoms with Crippen molar-refractivity contribution in [3.63, 3.8) is 0 Å². The van der Waals surface area contributed by atoms with E-state index in [-0.39, 0.29) is 11.4 Å². The lowest BCUT2D eigenvalue weighted by Gasteiger charge is -2.30. The van der Waals surface area contributed by atoms with Crippen LogP contribution in [-0.4, -0.2) is 43.5 Å². The number of carboxylic acids is 1. The number of benzene rings is 2. The number of ether oxygens (including phenoxy) is 1. The van der Waals surface area contributed by atoms with Gasteiger partial charge < -0.3 is 9.84 Å². The van der Waals surface area contributed by atoms with Crippen LogP contribution in [0.1, 0.15) is 24.8 Å². The Morgan fingerprint density at radius 1 is 1.10 bits per heavy atom. The van der Waals surface area contributed by atoms with Gasteiger partial charge in [0.1, 0.15) is 11.8 Å². The van der Waals surface area contributed by atoms with Crippen molar-refractivity contribution in [2.24, 2.45) is 5.92 Å². The Morgan fingerprint density at radius 3 is 2.41 bits per heavy atom. The van der Waals surface area contributed by atoms with E-state index in [4.69, 9.17) is 4.74 Å². The molecule has 2 atom stereocenters. The first-order valence-electron chi connectivity index (χ1n) is 9.55. The lowest BCUT2D eigenvalue weighted by molar-refractivity contribution is -0.142. The minimum Gasteiger partial charge on any atom is -0.497 e. The van der Waals surface area contributed by atoms with Gasteiger partial charge in [-0.25, -0.2) is 8.42 Å². The zero-order chi connectivity index (χ0) is 20.9. The number of nitrogens with zero attached hydrogens (tertiary/aromatic N) is 1. The van der Waals surface area contributed by atoms with E-state index in [1.165, 1.54) is 19.2 Å². The summed E-state index contributed by atoms with van der Waals surface area (Å²) in [7, 11) is -2.45. The lowest BCUT2D eigenvalue weighted by Crippen LogP contribution is -2.48. The van der Waals surface area contributed by atoms with Gasteiger partial charge in [-0.1, -0.05) is 48.9 Å². The maximum Gasteiger partial charge on any atom is 0.322 e. The lowest BCUT2D eigenvalue weighted by atomic mass is 9.94. The Labute approximate surface area is 171 Å². The summed E-state index contributed by atoms with van der Waals surface area (Å²) in [5, 5.41) is 9.93. The Balaban J connectivity index is 1.95. The maximum absolute atomic E-state index is 13.3. The molecule has 1 aliphatic heterocycles. The zero-order valence-electron chi connectivity index (χ0n) is 16.3. The molecule has 0 radical (unpaired) electrons. The van der Waals surface area contributed by atoms with Gasteiger partial charge >= 0.3 is 5.97 Å². The molecule has 1 aliphatic rings. The van der Waals surface area contributed by atoms with Crippen LogP contribution in [0.25, 0.3) is 6.08 Å². The van der Waals surface area contributed by atoms with E-state index in [0.29, 0.717) is 18.6 Å².